The van der Waals surface area contributed by atoms with Crippen molar-refractivity contribution < 1.29 is 0 Å². The summed E-state index contributed by atoms with van der Waals surface area (Å²) >= 11 is 1.89. The van der Waals surface area contributed by atoms with E-state index in [0.29, 0.717) is 0 Å². The predicted molar refractivity (Wildman–Crippen MR) is 202 cm³/mol. The van der Waals surface area contributed by atoms with E-state index in [9.17, 15) is 0 Å². The first-order chi connectivity index (χ1) is 23.3. The van der Waals surface area contributed by atoms with Crippen molar-refractivity contribution in [2.75, 3.05) is 0 Å². The number of aromatic nitrogens is 2. The smallest absolute Gasteiger partial charge is 0.0548 e. The number of para-hydroxylation sites is 1. The predicted octanol–water partition coefficient (Wildman–Crippen LogP) is 12.5. The second kappa shape index (κ2) is 8.47. The molecule has 0 fully saturated rings. The highest BCUT2D eigenvalue weighted by Crippen LogP contribution is 2.51. The van der Waals surface area contributed by atoms with Crippen LogP contribution in [0.25, 0.3) is 108 Å². The molecule has 0 aliphatic heterocycles. The molecule has 8 aromatic carbocycles. The average Bonchev–Trinajstić information content (AvgIpc) is 3.74. The van der Waals surface area contributed by atoms with E-state index in [0.717, 1.165) is 0 Å². The van der Waals surface area contributed by atoms with Gasteiger partial charge in [-0.05, 0) is 94.0 Å². The summed E-state index contributed by atoms with van der Waals surface area (Å²) in [4.78, 5) is 0. The van der Waals surface area contributed by atoms with Gasteiger partial charge in [-0.25, -0.2) is 0 Å². The fourth-order valence-corrected chi connectivity index (χ4v) is 9.80. The van der Waals surface area contributed by atoms with Gasteiger partial charge in [0.15, 0.2) is 0 Å². The molecular formula is C44H24N2S. The Kier molecular flexibility index (Phi) is 4.39. The zero-order valence-electron chi connectivity index (χ0n) is 25.2. The Hall–Kier alpha value is -5.90. The maximum Gasteiger partial charge on any atom is 0.0548 e. The van der Waals surface area contributed by atoms with Crippen LogP contribution in [0.4, 0.5) is 0 Å². The van der Waals surface area contributed by atoms with E-state index in [4.69, 9.17) is 0 Å². The summed E-state index contributed by atoms with van der Waals surface area (Å²) in [6.45, 7) is 0. The Bertz CT molecular complexity index is 3170. The molecule has 216 valence electrons. The van der Waals surface area contributed by atoms with Crippen LogP contribution in [0.2, 0.25) is 0 Å². The molecule has 0 bridgehead atoms. The minimum atomic E-state index is 1.19. The Balaban J connectivity index is 1.25. The highest BCUT2D eigenvalue weighted by Gasteiger charge is 2.27. The number of fused-ring (bicyclic) bond motifs is 5. The molecule has 3 aromatic heterocycles. The molecule has 1 aliphatic carbocycles. The summed E-state index contributed by atoms with van der Waals surface area (Å²) in [6.07, 6.45) is 0. The number of hydrogen-bond acceptors (Lipinski definition) is 1. The Morgan fingerprint density at radius 1 is 0.340 bits per heavy atom. The van der Waals surface area contributed by atoms with Crippen LogP contribution in [0.3, 0.4) is 0 Å². The summed E-state index contributed by atoms with van der Waals surface area (Å²) in [5, 5.41) is 13.3. The molecule has 2 nitrogen and oxygen atoms in total. The van der Waals surface area contributed by atoms with E-state index in [2.05, 4.69) is 155 Å². The van der Waals surface area contributed by atoms with Crippen LogP contribution in [0, 0.1) is 0 Å². The SMILES string of the molecule is c1ccc(-n2c3cccc4c3c3c5c(ccc32)ccc2c5c3c-4cccc3n2-c2ccc3sc4cc5ccccc5cc4c3c2)cc1. The van der Waals surface area contributed by atoms with Gasteiger partial charge in [0.05, 0.1) is 22.1 Å². The van der Waals surface area contributed by atoms with Gasteiger partial charge in [-0.1, -0.05) is 78.9 Å². The van der Waals surface area contributed by atoms with E-state index in [1.807, 2.05) is 11.3 Å². The highest BCUT2D eigenvalue weighted by atomic mass is 32.1. The molecular weight excluding hydrogens is 589 g/mol. The van der Waals surface area contributed by atoms with Crippen LogP contribution in [0.1, 0.15) is 0 Å². The van der Waals surface area contributed by atoms with Gasteiger partial charge in [-0.2, -0.15) is 0 Å². The lowest BCUT2D eigenvalue weighted by Gasteiger charge is -2.11. The van der Waals surface area contributed by atoms with Gasteiger partial charge in [-0.3, -0.25) is 0 Å². The topological polar surface area (TPSA) is 9.86 Å². The minimum absolute atomic E-state index is 1.19. The van der Waals surface area contributed by atoms with E-state index >= 15 is 0 Å². The van der Waals surface area contributed by atoms with Crippen LogP contribution in [-0.4, -0.2) is 9.13 Å². The summed E-state index contributed by atoms with van der Waals surface area (Å²) < 4.78 is 7.63. The van der Waals surface area contributed by atoms with Crippen LogP contribution in [0.15, 0.2) is 146 Å². The Morgan fingerprint density at radius 2 is 0.936 bits per heavy atom. The molecule has 0 radical (unpaired) electrons. The quantitative estimate of drug-likeness (QED) is 0.184. The zero-order chi connectivity index (χ0) is 30.4. The van der Waals surface area contributed by atoms with Crippen molar-refractivity contribution in [3.63, 3.8) is 0 Å². The largest absolute Gasteiger partial charge is 0.309 e. The average molecular weight is 613 g/mol. The third-order valence-corrected chi connectivity index (χ3v) is 11.7. The number of thiophene rings is 1. The number of hydrogen-bond donors (Lipinski definition) is 0. The molecule has 47 heavy (non-hydrogen) atoms. The molecule has 0 unspecified atom stereocenters. The van der Waals surface area contributed by atoms with Gasteiger partial charge in [-0.15, -0.1) is 11.3 Å². The van der Waals surface area contributed by atoms with Gasteiger partial charge in [0.2, 0.25) is 0 Å². The zero-order valence-corrected chi connectivity index (χ0v) is 26.0. The lowest BCUT2D eigenvalue weighted by molar-refractivity contribution is 1.18. The monoisotopic (exact) mass is 612 g/mol. The van der Waals surface area contributed by atoms with Gasteiger partial charge < -0.3 is 9.13 Å². The van der Waals surface area contributed by atoms with Crippen LogP contribution >= 0.6 is 11.3 Å². The first-order valence-corrected chi connectivity index (χ1v) is 17.0. The summed E-state index contributed by atoms with van der Waals surface area (Å²) in [5.74, 6) is 0. The third-order valence-electron chi connectivity index (χ3n) is 10.6. The molecule has 0 saturated carbocycles. The normalized spacial score (nSPS) is 12.7. The van der Waals surface area contributed by atoms with Crippen molar-refractivity contribution in [1.29, 1.82) is 0 Å². The second-order valence-corrected chi connectivity index (χ2v) is 14.0. The molecule has 0 saturated heterocycles. The van der Waals surface area contributed by atoms with Crippen molar-refractivity contribution in [3.8, 4) is 22.5 Å². The van der Waals surface area contributed by atoms with E-state index < -0.39 is 0 Å². The number of rotatable bonds is 2. The van der Waals surface area contributed by atoms with Gasteiger partial charge >= 0.3 is 0 Å². The van der Waals surface area contributed by atoms with Crippen molar-refractivity contribution in [2.45, 2.75) is 0 Å². The first-order valence-electron chi connectivity index (χ1n) is 16.2. The maximum absolute atomic E-state index is 2.51. The van der Waals surface area contributed by atoms with E-state index in [1.165, 1.54) is 108 Å². The molecule has 11 aromatic rings. The maximum atomic E-state index is 2.51. The second-order valence-electron chi connectivity index (χ2n) is 12.9. The standard InChI is InChI=1S/C44H24N2S/c1-2-10-28(11-3-1)45-34-14-6-12-30-31-13-7-15-35-42(31)44-37(20-17-25-16-19-36(45)43(40(25)44)41(30)34)46(35)29-18-21-38-33(24-29)32-22-26-8-4-5-9-27(26)23-39(32)47-38/h1-24H. The molecule has 0 spiro atoms. The van der Waals surface area contributed by atoms with Crippen molar-refractivity contribution in [1.82, 2.24) is 9.13 Å². The lowest BCUT2D eigenvalue weighted by Crippen LogP contribution is -1.94. The number of benzene rings is 8. The fourth-order valence-electron chi connectivity index (χ4n) is 8.68. The van der Waals surface area contributed by atoms with Gasteiger partial charge in [0.25, 0.3) is 0 Å². The molecule has 1 aliphatic rings. The molecule has 0 amide bonds. The van der Waals surface area contributed by atoms with E-state index in [1.54, 1.807) is 0 Å². The first kappa shape index (κ1) is 24.3. The minimum Gasteiger partial charge on any atom is -0.309 e. The highest BCUT2D eigenvalue weighted by molar-refractivity contribution is 7.25. The Labute approximate surface area is 272 Å². The van der Waals surface area contributed by atoms with E-state index in [-0.39, 0.29) is 0 Å². The molecule has 0 atom stereocenters. The fraction of sp³-hybridized carbons (Fsp3) is 0. The van der Waals surface area contributed by atoms with Crippen molar-refractivity contribution >= 4 is 96.7 Å². The van der Waals surface area contributed by atoms with Crippen LogP contribution < -0.4 is 0 Å². The summed E-state index contributed by atoms with van der Waals surface area (Å²) in [7, 11) is 0. The number of nitrogens with zero attached hydrogens (tertiary/aromatic N) is 2. The van der Waals surface area contributed by atoms with Gasteiger partial charge in [0, 0.05) is 58.5 Å². The van der Waals surface area contributed by atoms with Crippen LogP contribution in [-0.2, 0) is 0 Å². The molecule has 0 N–H and O–H groups in total. The lowest BCUT2D eigenvalue weighted by atomic mass is 9.98. The molecule has 3 heteroatoms. The molecule has 12 rings (SSSR count). The summed E-state index contributed by atoms with van der Waals surface area (Å²) in [6, 6.07) is 54.4. The van der Waals surface area contributed by atoms with Crippen LogP contribution in [0.5, 0.6) is 0 Å². The van der Waals surface area contributed by atoms with Gasteiger partial charge in [0.1, 0.15) is 0 Å². The summed E-state index contributed by atoms with van der Waals surface area (Å²) in [5.41, 5.74) is 10.0. The molecule has 3 heterocycles. The van der Waals surface area contributed by atoms with Crippen molar-refractivity contribution in [2.24, 2.45) is 0 Å². The third kappa shape index (κ3) is 2.97. The Morgan fingerprint density at radius 3 is 1.64 bits per heavy atom. The van der Waals surface area contributed by atoms with Crippen molar-refractivity contribution in [3.05, 3.63) is 146 Å².